The number of aromatic nitrogens is 1. The molecule has 0 atom stereocenters. The van der Waals surface area contributed by atoms with E-state index in [-0.39, 0.29) is 5.56 Å². The molecule has 4 rings (SSSR count). The van der Waals surface area contributed by atoms with Crippen molar-refractivity contribution in [3.05, 3.63) is 58.7 Å². The van der Waals surface area contributed by atoms with Crippen molar-refractivity contribution in [1.82, 2.24) is 9.88 Å². The van der Waals surface area contributed by atoms with E-state index in [0.29, 0.717) is 31.3 Å². The third-order valence-corrected chi connectivity index (χ3v) is 6.74. The predicted octanol–water partition coefficient (Wildman–Crippen LogP) is 4.56. The SMILES string of the molecule is Cc1ccc(C)c2sc(N(CCCN3CCOCC3)C(=O)c3ccc(F)cc3F)nc12. The van der Waals surface area contributed by atoms with Crippen LogP contribution in [0.15, 0.2) is 30.3 Å². The summed E-state index contributed by atoms with van der Waals surface area (Å²) >= 11 is 1.43. The highest BCUT2D eigenvalue weighted by atomic mass is 32.1. The highest BCUT2D eigenvalue weighted by Crippen LogP contribution is 2.34. The molecule has 0 spiro atoms. The third-order valence-electron chi connectivity index (χ3n) is 5.53. The average Bonchev–Trinajstić information content (AvgIpc) is 3.21. The second-order valence-electron chi connectivity index (χ2n) is 7.76. The summed E-state index contributed by atoms with van der Waals surface area (Å²) in [6.45, 7) is 8.33. The van der Waals surface area contributed by atoms with E-state index >= 15 is 0 Å². The number of hydrogen-bond donors (Lipinski definition) is 0. The summed E-state index contributed by atoms with van der Waals surface area (Å²) in [5.74, 6) is -2.08. The van der Waals surface area contributed by atoms with Crippen LogP contribution in [0.1, 0.15) is 27.9 Å². The fourth-order valence-electron chi connectivity index (χ4n) is 3.73. The van der Waals surface area contributed by atoms with Gasteiger partial charge in [0, 0.05) is 32.2 Å². The number of fused-ring (bicyclic) bond motifs is 1. The van der Waals surface area contributed by atoms with Crippen LogP contribution in [0, 0.1) is 25.5 Å². The summed E-state index contributed by atoms with van der Waals surface area (Å²) in [5.41, 5.74) is 2.81. The van der Waals surface area contributed by atoms with E-state index in [9.17, 15) is 13.6 Å². The zero-order chi connectivity index (χ0) is 22.0. The quantitative estimate of drug-likeness (QED) is 0.558. The Morgan fingerprint density at radius 2 is 1.90 bits per heavy atom. The smallest absolute Gasteiger partial charge is 0.263 e. The summed E-state index contributed by atoms with van der Waals surface area (Å²) in [7, 11) is 0. The lowest BCUT2D eigenvalue weighted by atomic mass is 10.1. The first-order chi connectivity index (χ1) is 14.9. The van der Waals surface area contributed by atoms with Gasteiger partial charge >= 0.3 is 0 Å². The largest absolute Gasteiger partial charge is 0.379 e. The molecule has 0 radical (unpaired) electrons. The van der Waals surface area contributed by atoms with Crippen LogP contribution in [0.3, 0.4) is 0 Å². The minimum absolute atomic E-state index is 0.152. The van der Waals surface area contributed by atoms with Gasteiger partial charge in [0.15, 0.2) is 5.13 Å². The van der Waals surface area contributed by atoms with Crippen LogP contribution in [0.2, 0.25) is 0 Å². The Hall–Kier alpha value is -2.42. The second kappa shape index (κ2) is 9.38. The number of thiazole rings is 1. The zero-order valence-corrected chi connectivity index (χ0v) is 18.5. The fraction of sp³-hybridized carbons (Fsp3) is 0.391. The number of amides is 1. The minimum Gasteiger partial charge on any atom is -0.379 e. The summed E-state index contributed by atoms with van der Waals surface area (Å²) in [5, 5.41) is 0.531. The molecular weight excluding hydrogens is 420 g/mol. The molecule has 0 unspecified atom stereocenters. The molecule has 1 saturated heterocycles. The lowest BCUT2D eigenvalue weighted by molar-refractivity contribution is 0.0376. The Morgan fingerprint density at radius 3 is 2.61 bits per heavy atom. The lowest BCUT2D eigenvalue weighted by Gasteiger charge is -2.27. The van der Waals surface area contributed by atoms with Crippen LogP contribution >= 0.6 is 11.3 Å². The number of hydrogen-bond acceptors (Lipinski definition) is 5. The second-order valence-corrected chi connectivity index (χ2v) is 8.74. The summed E-state index contributed by atoms with van der Waals surface area (Å²) < 4.78 is 34.2. The van der Waals surface area contributed by atoms with Gasteiger partial charge in [-0.3, -0.25) is 14.6 Å². The van der Waals surface area contributed by atoms with E-state index in [0.717, 1.165) is 53.1 Å². The molecule has 0 saturated carbocycles. The normalized spacial score (nSPS) is 14.8. The van der Waals surface area contributed by atoms with Crippen LogP contribution in [0.25, 0.3) is 10.2 Å². The molecule has 1 fully saturated rings. The number of morpholine rings is 1. The van der Waals surface area contributed by atoms with E-state index in [1.807, 2.05) is 26.0 Å². The molecule has 0 bridgehead atoms. The molecule has 1 aliphatic rings. The maximum absolute atomic E-state index is 14.4. The van der Waals surface area contributed by atoms with Crippen molar-refractivity contribution in [2.24, 2.45) is 0 Å². The summed E-state index contributed by atoms with van der Waals surface area (Å²) in [6.07, 6.45) is 0.711. The van der Waals surface area contributed by atoms with Gasteiger partial charge in [0.1, 0.15) is 11.6 Å². The first kappa shape index (κ1) is 21.8. The van der Waals surface area contributed by atoms with Crippen LogP contribution in [-0.4, -0.2) is 55.2 Å². The molecule has 3 aromatic rings. The van der Waals surface area contributed by atoms with E-state index in [1.54, 1.807) is 0 Å². The topological polar surface area (TPSA) is 45.7 Å². The van der Waals surface area contributed by atoms with E-state index in [2.05, 4.69) is 4.90 Å². The van der Waals surface area contributed by atoms with Gasteiger partial charge in [0.05, 0.1) is 29.0 Å². The Balaban J connectivity index is 1.64. The Labute approximate surface area is 184 Å². The van der Waals surface area contributed by atoms with E-state index in [1.165, 1.54) is 22.3 Å². The van der Waals surface area contributed by atoms with Crippen molar-refractivity contribution in [3.8, 4) is 0 Å². The van der Waals surface area contributed by atoms with Crippen molar-refractivity contribution in [2.75, 3.05) is 44.3 Å². The zero-order valence-electron chi connectivity index (χ0n) is 17.7. The van der Waals surface area contributed by atoms with E-state index in [4.69, 9.17) is 9.72 Å². The standard InChI is InChI=1S/C23H25F2N3O2S/c1-15-4-5-16(2)21-20(15)26-23(31-21)28(9-3-8-27-10-12-30-13-11-27)22(29)18-7-6-17(24)14-19(18)25/h4-7,14H,3,8-13H2,1-2H3. The van der Waals surface area contributed by atoms with Crippen molar-refractivity contribution >= 4 is 32.6 Å². The maximum Gasteiger partial charge on any atom is 0.263 e. The molecule has 8 heteroatoms. The van der Waals surface area contributed by atoms with Crippen LogP contribution in [-0.2, 0) is 4.74 Å². The Kier molecular flexibility index (Phi) is 6.60. The minimum atomic E-state index is -0.864. The molecule has 2 heterocycles. The molecule has 5 nitrogen and oxygen atoms in total. The molecular formula is C23H25F2N3O2S. The van der Waals surface area contributed by atoms with Gasteiger partial charge in [0.2, 0.25) is 0 Å². The lowest BCUT2D eigenvalue weighted by Crippen LogP contribution is -2.39. The number of ether oxygens (including phenoxy) is 1. The van der Waals surface area contributed by atoms with Crippen molar-refractivity contribution in [2.45, 2.75) is 20.3 Å². The van der Waals surface area contributed by atoms with Gasteiger partial charge in [0.25, 0.3) is 5.91 Å². The molecule has 0 aliphatic carbocycles. The first-order valence-electron chi connectivity index (χ1n) is 10.4. The van der Waals surface area contributed by atoms with Gasteiger partial charge in [-0.25, -0.2) is 13.8 Å². The van der Waals surface area contributed by atoms with Gasteiger partial charge in [-0.2, -0.15) is 0 Å². The molecule has 2 aromatic carbocycles. The highest BCUT2D eigenvalue weighted by molar-refractivity contribution is 7.22. The highest BCUT2D eigenvalue weighted by Gasteiger charge is 2.25. The number of carbonyl (C=O) groups excluding carboxylic acids is 1. The summed E-state index contributed by atoms with van der Waals surface area (Å²) in [4.78, 5) is 21.8. The monoisotopic (exact) mass is 445 g/mol. The van der Waals surface area contributed by atoms with Crippen LogP contribution in [0.4, 0.5) is 13.9 Å². The van der Waals surface area contributed by atoms with Gasteiger partial charge in [-0.05, 0) is 43.5 Å². The van der Waals surface area contributed by atoms with Gasteiger partial charge in [-0.1, -0.05) is 23.5 Å². The molecule has 1 aliphatic heterocycles. The molecule has 1 aromatic heterocycles. The number of nitrogens with zero attached hydrogens (tertiary/aromatic N) is 3. The average molecular weight is 446 g/mol. The van der Waals surface area contributed by atoms with Gasteiger partial charge < -0.3 is 4.74 Å². The number of carbonyl (C=O) groups is 1. The van der Waals surface area contributed by atoms with Crippen molar-refractivity contribution in [1.29, 1.82) is 0 Å². The van der Waals surface area contributed by atoms with Crippen molar-refractivity contribution in [3.63, 3.8) is 0 Å². The first-order valence-corrected chi connectivity index (χ1v) is 11.2. The number of anilines is 1. The third kappa shape index (κ3) is 4.76. The number of halogens is 2. The van der Waals surface area contributed by atoms with Gasteiger partial charge in [-0.15, -0.1) is 0 Å². The molecule has 0 N–H and O–H groups in total. The maximum atomic E-state index is 14.4. The molecule has 31 heavy (non-hydrogen) atoms. The summed E-state index contributed by atoms with van der Waals surface area (Å²) in [6, 6.07) is 7.09. The Morgan fingerprint density at radius 1 is 1.16 bits per heavy atom. The molecule has 164 valence electrons. The van der Waals surface area contributed by atoms with Crippen molar-refractivity contribution < 1.29 is 18.3 Å². The molecule has 1 amide bonds. The van der Waals surface area contributed by atoms with Crippen LogP contribution in [0.5, 0.6) is 0 Å². The number of aryl methyl sites for hydroxylation is 2. The predicted molar refractivity (Wildman–Crippen MR) is 119 cm³/mol. The van der Waals surface area contributed by atoms with E-state index < -0.39 is 17.5 Å². The number of benzene rings is 2. The Bertz CT molecular complexity index is 1060. The number of rotatable bonds is 6. The van der Waals surface area contributed by atoms with Crippen LogP contribution < -0.4 is 4.90 Å². The fourth-order valence-corrected chi connectivity index (χ4v) is 4.87.